The molecule has 2 heterocycles. The van der Waals surface area contributed by atoms with Crippen molar-refractivity contribution in [1.82, 2.24) is 14.6 Å². The zero-order chi connectivity index (χ0) is 29.1. The van der Waals surface area contributed by atoms with Gasteiger partial charge in [-0.2, -0.15) is 5.10 Å². The molecule has 1 N–H and O–H groups in total. The summed E-state index contributed by atoms with van der Waals surface area (Å²) in [4.78, 5) is 29.3. The predicted molar refractivity (Wildman–Crippen MR) is 164 cm³/mol. The van der Waals surface area contributed by atoms with Gasteiger partial charge in [0.25, 0.3) is 0 Å². The van der Waals surface area contributed by atoms with Gasteiger partial charge in [0, 0.05) is 25.8 Å². The van der Waals surface area contributed by atoms with Crippen LogP contribution < -0.4 is 0 Å². The zero-order valence-electron chi connectivity index (χ0n) is 23.5. The van der Waals surface area contributed by atoms with E-state index in [1.54, 1.807) is 17.1 Å². The molecular formula is C35H32N4O3. The normalized spacial score (nSPS) is 13.4. The van der Waals surface area contributed by atoms with Gasteiger partial charge in [-0.25, -0.2) is 14.8 Å². The van der Waals surface area contributed by atoms with Gasteiger partial charge in [0.2, 0.25) is 5.91 Å². The molecule has 0 unspecified atom stereocenters. The first-order valence-corrected chi connectivity index (χ1v) is 14.3. The number of amides is 1. The van der Waals surface area contributed by atoms with Crippen LogP contribution in [0, 0.1) is 0 Å². The molecule has 210 valence electrons. The number of aryl methyl sites for hydroxylation is 1. The van der Waals surface area contributed by atoms with Crippen LogP contribution in [0.5, 0.6) is 0 Å². The second-order valence-electron chi connectivity index (χ2n) is 10.6. The fraction of sp³-hybridized carbons (Fsp3) is 0.200. The second kappa shape index (κ2) is 11.8. The molecule has 7 heteroatoms. The average molecular weight is 557 g/mol. The van der Waals surface area contributed by atoms with E-state index in [9.17, 15) is 14.7 Å². The van der Waals surface area contributed by atoms with Crippen LogP contribution in [-0.2, 0) is 24.3 Å². The molecule has 6 rings (SSSR count). The number of hydrazone groups is 1. The lowest BCUT2D eigenvalue weighted by Gasteiger charge is -2.24. The van der Waals surface area contributed by atoms with E-state index in [1.165, 1.54) is 0 Å². The van der Waals surface area contributed by atoms with Crippen molar-refractivity contribution in [2.75, 3.05) is 0 Å². The van der Waals surface area contributed by atoms with Gasteiger partial charge in [-0.15, -0.1) is 0 Å². The van der Waals surface area contributed by atoms with Crippen LogP contribution in [0.4, 0.5) is 0 Å². The van der Waals surface area contributed by atoms with Gasteiger partial charge in [-0.1, -0.05) is 85.8 Å². The lowest BCUT2D eigenvalue weighted by Crippen LogP contribution is -2.31. The largest absolute Gasteiger partial charge is 0.478 e. The molecule has 0 saturated carbocycles. The number of hydrogen-bond donors (Lipinski definition) is 1. The van der Waals surface area contributed by atoms with Crippen molar-refractivity contribution in [3.05, 3.63) is 125 Å². The molecule has 1 aliphatic rings. The second-order valence-corrected chi connectivity index (χ2v) is 10.6. The first-order valence-electron chi connectivity index (χ1n) is 14.3. The first kappa shape index (κ1) is 27.1. The number of carboxylic acids is 1. The third-order valence-corrected chi connectivity index (χ3v) is 7.68. The number of fused-ring (bicyclic) bond motifs is 1. The smallest absolute Gasteiger partial charge is 0.336 e. The Labute approximate surface area is 244 Å². The van der Waals surface area contributed by atoms with Crippen molar-refractivity contribution >= 4 is 28.6 Å². The van der Waals surface area contributed by atoms with E-state index < -0.39 is 5.97 Å². The predicted octanol–water partition coefficient (Wildman–Crippen LogP) is 6.93. The number of carbonyl (C=O) groups is 2. The number of hydrogen-bond acceptors (Lipinski definition) is 4. The molecule has 5 aromatic rings. The van der Waals surface area contributed by atoms with Crippen LogP contribution in [-0.4, -0.2) is 37.3 Å². The van der Waals surface area contributed by atoms with Crippen molar-refractivity contribution in [2.45, 2.75) is 45.7 Å². The zero-order valence-corrected chi connectivity index (χ0v) is 23.5. The standard InChI is InChI=1S/C35H32N4O3/c1-2-8-33-36-31-18-17-27(30-19-20-34(40)39(37-30)23-24-9-4-3-5-10-24)21-32(31)38(33)22-25-13-15-26(16-14-25)28-11-6-7-12-29(28)35(41)42/h3-7,9-18,21H,2,8,19-20,22-23H2,1H3,(H,41,42). The summed E-state index contributed by atoms with van der Waals surface area (Å²) in [5.74, 6) is 0.125. The fourth-order valence-electron chi connectivity index (χ4n) is 5.52. The monoisotopic (exact) mass is 556 g/mol. The molecule has 1 aromatic heterocycles. The molecule has 0 radical (unpaired) electrons. The fourth-order valence-corrected chi connectivity index (χ4v) is 5.52. The van der Waals surface area contributed by atoms with Gasteiger partial charge in [0.05, 0.1) is 28.9 Å². The lowest BCUT2D eigenvalue weighted by atomic mass is 9.98. The molecule has 0 aliphatic carbocycles. The van der Waals surface area contributed by atoms with E-state index in [4.69, 9.17) is 10.1 Å². The summed E-state index contributed by atoms with van der Waals surface area (Å²) in [6, 6.07) is 31.3. The Bertz CT molecular complexity index is 1790. The summed E-state index contributed by atoms with van der Waals surface area (Å²) < 4.78 is 2.26. The van der Waals surface area contributed by atoms with Crippen LogP contribution in [0.25, 0.3) is 22.2 Å². The highest BCUT2D eigenvalue weighted by Crippen LogP contribution is 2.27. The molecule has 42 heavy (non-hydrogen) atoms. The minimum absolute atomic E-state index is 0.0355. The minimum Gasteiger partial charge on any atom is -0.478 e. The van der Waals surface area contributed by atoms with Crippen molar-refractivity contribution in [3.8, 4) is 11.1 Å². The third-order valence-electron chi connectivity index (χ3n) is 7.68. The number of carboxylic acid groups (broad SMARTS) is 1. The maximum Gasteiger partial charge on any atom is 0.336 e. The van der Waals surface area contributed by atoms with Gasteiger partial charge in [0.1, 0.15) is 5.82 Å². The summed E-state index contributed by atoms with van der Waals surface area (Å²) in [6.45, 7) is 3.25. The van der Waals surface area contributed by atoms with E-state index >= 15 is 0 Å². The molecule has 0 atom stereocenters. The molecule has 0 saturated heterocycles. The van der Waals surface area contributed by atoms with Gasteiger partial charge in [-0.3, -0.25) is 4.79 Å². The SMILES string of the molecule is CCCc1nc2ccc(C3=NN(Cc4ccccc4)C(=O)CC3)cc2n1Cc1ccc(-c2ccccc2C(=O)O)cc1. The van der Waals surface area contributed by atoms with E-state index in [-0.39, 0.29) is 5.91 Å². The van der Waals surface area contributed by atoms with Gasteiger partial charge in [-0.05, 0) is 52.4 Å². The summed E-state index contributed by atoms with van der Waals surface area (Å²) in [6.07, 6.45) is 2.87. The first-order chi connectivity index (χ1) is 20.5. The Morgan fingerprint density at radius 3 is 2.31 bits per heavy atom. The molecule has 7 nitrogen and oxygen atoms in total. The number of benzene rings is 4. The van der Waals surface area contributed by atoms with Gasteiger partial charge >= 0.3 is 5.97 Å². The van der Waals surface area contributed by atoms with Crippen LogP contribution in [0.2, 0.25) is 0 Å². The van der Waals surface area contributed by atoms with Crippen molar-refractivity contribution in [3.63, 3.8) is 0 Å². The molecule has 1 aliphatic heterocycles. The van der Waals surface area contributed by atoms with Crippen molar-refractivity contribution in [2.24, 2.45) is 5.10 Å². The average Bonchev–Trinajstić information content (AvgIpc) is 3.35. The third kappa shape index (κ3) is 5.59. The van der Waals surface area contributed by atoms with E-state index in [1.807, 2.05) is 60.7 Å². The van der Waals surface area contributed by atoms with Gasteiger partial charge < -0.3 is 9.67 Å². The van der Waals surface area contributed by atoms with Crippen LogP contribution in [0.15, 0.2) is 102 Å². The lowest BCUT2D eigenvalue weighted by molar-refractivity contribution is -0.132. The summed E-state index contributed by atoms with van der Waals surface area (Å²) in [5.41, 5.74) is 7.87. The summed E-state index contributed by atoms with van der Waals surface area (Å²) in [5, 5.41) is 16.0. The highest BCUT2D eigenvalue weighted by molar-refractivity contribution is 6.05. The van der Waals surface area contributed by atoms with Crippen LogP contribution in [0.3, 0.4) is 0 Å². The number of nitrogens with zero attached hydrogens (tertiary/aromatic N) is 4. The van der Waals surface area contributed by atoms with Crippen LogP contribution >= 0.6 is 0 Å². The maximum absolute atomic E-state index is 12.7. The maximum atomic E-state index is 12.7. The van der Waals surface area contributed by atoms with Crippen LogP contribution in [0.1, 0.15) is 59.1 Å². The molecule has 0 bridgehead atoms. The number of imidazole rings is 1. The van der Waals surface area contributed by atoms with E-state index in [2.05, 4.69) is 35.8 Å². The Morgan fingerprint density at radius 2 is 1.55 bits per heavy atom. The molecular weight excluding hydrogens is 524 g/mol. The molecule has 0 spiro atoms. The minimum atomic E-state index is -0.935. The molecule has 0 fully saturated rings. The number of carbonyl (C=O) groups excluding carboxylic acids is 1. The Balaban J connectivity index is 1.32. The molecule has 1 amide bonds. The van der Waals surface area contributed by atoms with Crippen molar-refractivity contribution < 1.29 is 14.7 Å². The Morgan fingerprint density at radius 1 is 0.833 bits per heavy atom. The highest BCUT2D eigenvalue weighted by atomic mass is 16.4. The summed E-state index contributed by atoms with van der Waals surface area (Å²) >= 11 is 0. The number of rotatable bonds is 9. The quantitative estimate of drug-likeness (QED) is 0.213. The summed E-state index contributed by atoms with van der Waals surface area (Å²) in [7, 11) is 0. The molecule has 4 aromatic carbocycles. The number of aromatic nitrogens is 2. The topological polar surface area (TPSA) is 87.8 Å². The van der Waals surface area contributed by atoms with Gasteiger partial charge in [0.15, 0.2) is 0 Å². The van der Waals surface area contributed by atoms with E-state index in [0.717, 1.165) is 57.7 Å². The van der Waals surface area contributed by atoms with E-state index in [0.29, 0.717) is 37.1 Å². The Kier molecular flexibility index (Phi) is 7.64. The van der Waals surface area contributed by atoms with Crippen molar-refractivity contribution in [1.29, 1.82) is 0 Å². The number of aromatic carboxylic acids is 1. The highest BCUT2D eigenvalue weighted by Gasteiger charge is 2.22. The Hall–Kier alpha value is -5.04.